The number of alkyl carbamates (subject to hydrolysis) is 1. The van der Waals surface area contributed by atoms with Gasteiger partial charge >= 0.3 is 22.3 Å². The first kappa shape index (κ1) is 34.0. The van der Waals surface area contributed by atoms with Crippen LogP contribution in [0.5, 0.6) is 0 Å². The average molecular weight is 689 g/mol. The van der Waals surface area contributed by atoms with Crippen molar-refractivity contribution in [3.05, 3.63) is 51.7 Å². The molecule has 18 heteroatoms. The third kappa shape index (κ3) is 7.61. The number of ether oxygens (including phenoxy) is 2. The van der Waals surface area contributed by atoms with Gasteiger partial charge in [-0.15, -0.1) is 11.3 Å². The fourth-order valence-electron chi connectivity index (χ4n) is 5.45. The maximum atomic E-state index is 13.9. The van der Waals surface area contributed by atoms with E-state index in [1.54, 1.807) is 25.1 Å². The number of amides is 3. The third-order valence-electron chi connectivity index (χ3n) is 7.88. The Morgan fingerprint density at radius 2 is 1.89 bits per heavy atom. The van der Waals surface area contributed by atoms with E-state index in [0.717, 1.165) is 27.5 Å². The normalized spacial score (nSPS) is 17.2. The molecule has 0 radical (unpaired) electrons. The molecular weight excluding hydrogens is 653 g/mol. The number of carbonyl (C=O) groups is 4. The molecule has 2 aliphatic heterocycles. The van der Waals surface area contributed by atoms with Crippen LogP contribution in [-0.2, 0) is 42.2 Å². The maximum Gasteiger partial charge on any atom is 0.412 e. The lowest BCUT2D eigenvalue weighted by Gasteiger charge is -2.40. The van der Waals surface area contributed by atoms with Gasteiger partial charge in [0.05, 0.1) is 25.5 Å². The Bertz CT molecular complexity index is 1820. The molecule has 1 saturated heterocycles. The van der Waals surface area contributed by atoms with Gasteiger partial charge in [-0.1, -0.05) is 12.1 Å². The predicted octanol–water partition coefficient (Wildman–Crippen LogP) is 0.756. The Morgan fingerprint density at radius 3 is 2.64 bits per heavy atom. The summed E-state index contributed by atoms with van der Waals surface area (Å²) in [7, 11) is -0.987. The van der Waals surface area contributed by atoms with E-state index in [2.05, 4.69) is 25.3 Å². The number of nitrogens with one attached hydrogen (secondary N) is 3. The fraction of sp³-hybridized carbons (Fsp3) is 0.448. The molecule has 0 aliphatic carbocycles. The Balaban J connectivity index is 1.37. The molecule has 3 amide bonds. The van der Waals surface area contributed by atoms with Gasteiger partial charge in [-0.3, -0.25) is 25.1 Å². The Labute approximate surface area is 275 Å². The quantitative estimate of drug-likeness (QED) is 0.164. The summed E-state index contributed by atoms with van der Waals surface area (Å²) in [5.74, 6) is -1.75. The van der Waals surface area contributed by atoms with Gasteiger partial charge in [0, 0.05) is 79.2 Å². The lowest BCUT2D eigenvalue weighted by atomic mass is 10.1. The van der Waals surface area contributed by atoms with Crippen molar-refractivity contribution in [3.63, 3.8) is 0 Å². The van der Waals surface area contributed by atoms with Crippen molar-refractivity contribution in [2.45, 2.75) is 32.4 Å². The van der Waals surface area contributed by atoms with Crippen LogP contribution in [0.4, 0.5) is 4.79 Å². The number of hydrogen-bond donors (Lipinski definition) is 3. The second-order valence-electron chi connectivity index (χ2n) is 11.1. The summed E-state index contributed by atoms with van der Waals surface area (Å²) in [5, 5.41) is 14.2. The Morgan fingerprint density at radius 1 is 1.13 bits per heavy atom. The van der Waals surface area contributed by atoms with Crippen LogP contribution in [0, 0.1) is 5.41 Å². The number of carbonyl (C=O) groups excluding carboxylic acids is 4. The minimum absolute atomic E-state index is 0.0132. The van der Waals surface area contributed by atoms with Gasteiger partial charge < -0.3 is 24.6 Å². The van der Waals surface area contributed by atoms with Crippen LogP contribution in [-0.4, -0.2) is 121 Å². The summed E-state index contributed by atoms with van der Waals surface area (Å²) in [6.07, 6.45) is 2.49. The summed E-state index contributed by atoms with van der Waals surface area (Å²) in [4.78, 5) is 59.3. The van der Waals surface area contributed by atoms with E-state index in [0.29, 0.717) is 27.9 Å². The SMILES string of the molecule is CCOC(=O)CNC(=O)CC1CN(S(=O)(=O)n2cc3ccc(C(=N)NC(=O)OC)cc3c2)CCN1C(=O)c1nc2c(s1)CN(C)CC2. The summed E-state index contributed by atoms with van der Waals surface area (Å²) >= 11 is 1.31. The van der Waals surface area contributed by atoms with Crippen LogP contribution in [0.1, 0.15) is 39.3 Å². The summed E-state index contributed by atoms with van der Waals surface area (Å²) < 4.78 is 39.4. The van der Waals surface area contributed by atoms with Crippen LogP contribution >= 0.6 is 11.3 Å². The molecule has 0 bridgehead atoms. The van der Waals surface area contributed by atoms with E-state index in [4.69, 9.17) is 10.1 Å². The van der Waals surface area contributed by atoms with Gasteiger partial charge in [-0.2, -0.15) is 12.7 Å². The van der Waals surface area contributed by atoms with E-state index < -0.39 is 34.2 Å². The molecule has 252 valence electrons. The molecule has 1 atom stereocenters. The lowest BCUT2D eigenvalue weighted by molar-refractivity contribution is -0.143. The highest BCUT2D eigenvalue weighted by Gasteiger charge is 2.39. The van der Waals surface area contributed by atoms with E-state index in [-0.39, 0.29) is 50.9 Å². The smallest absolute Gasteiger partial charge is 0.412 e. The van der Waals surface area contributed by atoms with Gasteiger partial charge in [0.1, 0.15) is 12.4 Å². The van der Waals surface area contributed by atoms with Crippen molar-refractivity contribution in [1.29, 1.82) is 5.41 Å². The largest absolute Gasteiger partial charge is 0.465 e. The second-order valence-corrected chi connectivity index (χ2v) is 14.0. The third-order valence-corrected chi connectivity index (χ3v) is 10.7. The summed E-state index contributed by atoms with van der Waals surface area (Å²) in [6, 6.07) is 3.92. The first-order chi connectivity index (χ1) is 22.4. The van der Waals surface area contributed by atoms with Crippen LogP contribution in [0.25, 0.3) is 10.8 Å². The van der Waals surface area contributed by atoms with Crippen LogP contribution in [0.3, 0.4) is 0 Å². The number of hydrogen-bond acceptors (Lipinski definition) is 12. The highest BCUT2D eigenvalue weighted by Crippen LogP contribution is 2.28. The zero-order chi connectivity index (χ0) is 33.9. The van der Waals surface area contributed by atoms with E-state index in [1.807, 2.05) is 7.05 Å². The zero-order valence-corrected chi connectivity index (χ0v) is 27.8. The van der Waals surface area contributed by atoms with Crippen LogP contribution < -0.4 is 10.6 Å². The van der Waals surface area contributed by atoms with Gasteiger partial charge in [-0.05, 0) is 20.0 Å². The van der Waals surface area contributed by atoms with Gasteiger partial charge in [0.15, 0.2) is 5.01 Å². The number of likely N-dealkylation sites (N-methyl/N-ethyl adjacent to an activating group) is 1. The minimum Gasteiger partial charge on any atom is -0.465 e. The number of amidine groups is 1. The van der Waals surface area contributed by atoms with E-state index >= 15 is 0 Å². The Kier molecular flexibility index (Phi) is 10.2. The number of piperazine rings is 1. The number of thiazole rings is 1. The van der Waals surface area contributed by atoms with E-state index in [9.17, 15) is 27.6 Å². The molecule has 0 spiro atoms. The van der Waals surface area contributed by atoms with Crippen molar-refractivity contribution >= 4 is 62.0 Å². The first-order valence-corrected chi connectivity index (χ1v) is 17.1. The fourth-order valence-corrected chi connectivity index (χ4v) is 8.03. The molecular formula is C29H36N8O8S2. The molecule has 5 rings (SSSR count). The molecule has 0 saturated carbocycles. The van der Waals surface area contributed by atoms with Crippen LogP contribution in [0.2, 0.25) is 0 Å². The number of benzene rings is 1. The molecule has 3 N–H and O–H groups in total. The minimum atomic E-state index is -4.16. The van der Waals surface area contributed by atoms with Crippen molar-refractivity contribution in [3.8, 4) is 0 Å². The number of rotatable bonds is 9. The van der Waals surface area contributed by atoms with Crippen molar-refractivity contribution in [2.24, 2.45) is 0 Å². The van der Waals surface area contributed by atoms with Gasteiger partial charge in [0.2, 0.25) is 5.91 Å². The zero-order valence-electron chi connectivity index (χ0n) is 26.1. The van der Waals surface area contributed by atoms with Gasteiger partial charge in [0.25, 0.3) is 5.91 Å². The molecule has 1 aromatic carbocycles. The number of methoxy groups -OCH3 is 1. The first-order valence-electron chi connectivity index (χ1n) is 14.9. The number of nitrogens with zero attached hydrogens (tertiary/aromatic N) is 5. The molecule has 2 aromatic heterocycles. The summed E-state index contributed by atoms with van der Waals surface area (Å²) in [6.45, 7) is 2.76. The monoisotopic (exact) mass is 688 g/mol. The molecule has 3 aromatic rings. The molecule has 1 fully saturated rings. The average Bonchev–Trinajstić information content (AvgIpc) is 3.68. The lowest BCUT2D eigenvalue weighted by Crippen LogP contribution is -2.58. The predicted molar refractivity (Wildman–Crippen MR) is 171 cm³/mol. The molecule has 2 aliphatic rings. The molecule has 1 unspecified atom stereocenters. The van der Waals surface area contributed by atoms with E-state index in [1.165, 1.54) is 40.0 Å². The van der Waals surface area contributed by atoms with Crippen molar-refractivity contribution in [1.82, 2.24) is 33.7 Å². The number of fused-ring (bicyclic) bond motifs is 2. The highest BCUT2D eigenvalue weighted by atomic mass is 32.2. The Hall–Kier alpha value is -4.39. The molecule has 47 heavy (non-hydrogen) atoms. The summed E-state index contributed by atoms with van der Waals surface area (Å²) in [5.41, 5.74) is 1.22. The van der Waals surface area contributed by atoms with Gasteiger partial charge in [-0.25, -0.2) is 13.8 Å². The number of aromatic nitrogens is 2. The topological polar surface area (TPSA) is 196 Å². The highest BCUT2D eigenvalue weighted by molar-refractivity contribution is 7.87. The molecule has 16 nitrogen and oxygen atoms in total. The number of esters is 1. The molecule has 4 heterocycles. The second kappa shape index (κ2) is 14.2. The van der Waals surface area contributed by atoms with Crippen molar-refractivity contribution in [2.75, 3.05) is 53.5 Å². The standard InChI is InChI=1S/C29H36N8O8S2/c1-4-45-25(39)13-31-24(38)12-21-16-35(9-10-37(21)28(40)27-32-22-7-8-34(2)17-23(22)46-27)47(42,43)36-14-19-6-5-18(11-20(19)15-36)26(30)33-29(41)44-3/h5-6,11,14-15,21H,4,7-10,12-13,16-17H2,1-3H3,(H,31,38)(H2,30,33,41). The van der Waals surface area contributed by atoms with Crippen LogP contribution in [0.15, 0.2) is 30.6 Å². The van der Waals surface area contributed by atoms with Crippen molar-refractivity contribution < 1.29 is 37.1 Å². The maximum absolute atomic E-state index is 13.9.